The molecule has 1 aromatic carbocycles. The zero-order valence-corrected chi connectivity index (χ0v) is 28.7. The van der Waals surface area contributed by atoms with Crippen LogP contribution in [0.3, 0.4) is 0 Å². The van der Waals surface area contributed by atoms with Crippen molar-refractivity contribution in [1.82, 2.24) is 24.9 Å². The first kappa shape index (κ1) is 31.0. The first-order valence-corrected chi connectivity index (χ1v) is 18.2. The number of likely N-dealkylation sites (tertiary alicyclic amines) is 1. The number of carbonyl (C=O) groups excluding carboxylic acids is 2. The summed E-state index contributed by atoms with van der Waals surface area (Å²) in [6, 6.07) is 10.7. The summed E-state index contributed by atoms with van der Waals surface area (Å²) in [6.45, 7) is 15.1. The molecule has 4 saturated heterocycles. The van der Waals surface area contributed by atoms with Crippen molar-refractivity contribution in [3.63, 3.8) is 0 Å². The first-order valence-electron chi connectivity index (χ1n) is 17.3. The number of hydrogen-bond donors (Lipinski definition) is 2. The number of thiophene rings is 1. The number of aryl methyl sites for hydroxylation is 2. The van der Waals surface area contributed by atoms with Gasteiger partial charge >= 0.3 is 6.03 Å². The van der Waals surface area contributed by atoms with Crippen LogP contribution < -0.4 is 10.6 Å². The van der Waals surface area contributed by atoms with Gasteiger partial charge in [-0.3, -0.25) is 4.79 Å². The molecule has 5 aliphatic heterocycles. The lowest BCUT2D eigenvalue weighted by molar-refractivity contribution is -0.137. The third-order valence-electron chi connectivity index (χ3n) is 11.4. The zero-order valence-electron chi connectivity index (χ0n) is 27.9. The van der Waals surface area contributed by atoms with Crippen LogP contribution in [0, 0.1) is 13.8 Å². The number of nitrogens with one attached hydrogen (secondary N) is 2. The third-order valence-corrected chi connectivity index (χ3v) is 12.8. The van der Waals surface area contributed by atoms with Crippen LogP contribution in [-0.4, -0.2) is 103 Å². The van der Waals surface area contributed by atoms with E-state index in [1.165, 1.54) is 57.8 Å². The summed E-state index contributed by atoms with van der Waals surface area (Å²) >= 11 is 1.80. The zero-order chi connectivity index (χ0) is 31.5. The molecule has 0 radical (unpaired) electrons. The average molecular weight is 633 g/mol. The first-order chi connectivity index (χ1) is 21.6. The predicted octanol–water partition coefficient (Wildman–Crippen LogP) is 5.47. The van der Waals surface area contributed by atoms with Crippen LogP contribution in [0.15, 0.2) is 24.3 Å². The van der Waals surface area contributed by atoms with Crippen LogP contribution in [-0.2, 0) is 10.2 Å². The highest BCUT2D eigenvalue weighted by Gasteiger charge is 2.48. The number of fused-ring (bicyclic) bond motifs is 3. The summed E-state index contributed by atoms with van der Waals surface area (Å²) in [5.74, 6) is 0.649. The lowest BCUT2D eigenvalue weighted by Crippen LogP contribution is -2.52. The Morgan fingerprint density at radius 3 is 2.27 bits per heavy atom. The van der Waals surface area contributed by atoms with Gasteiger partial charge in [0.15, 0.2) is 0 Å². The van der Waals surface area contributed by atoms with Crippen molar-refractivity contribution >= 4 is 28.3 Å². The van der Waals surface area contributed by atoms with Crippen molar-refractivity contribution in [2.75, 3.05) is 58.2 Å². The second-order valence-electron chi connectivity index (χ2n) is 15.2. The lowest BCUT2D eigenvalue weighted by Gasteiger charge is -2.33. The minimum atomic E-state index is -0.522. The fourth-order valence-electron chi connectivity index (χ4n) is 8.77. The number of piperazine rings is 1. The molecule has 0 aliphatic carbocycles. The van der Waals surface area contributed by atoms with Crippen molar-refractivity contribution in [3.8, 4) is 0 Å². The largest absolute Gasteiger partial charge is 0.369 e. The van der Waals surface area contributed by atoms with E-state index < -0.39 is 5.41 Å². The van der Waals surface area contributed by atoms with E-state index in [2.05, 4.69) is 84.3 Å². The van der Waals surface area contributed by atoms with Crippen molar-refractivity contribution in [2.45, 2.75) is 102 Å². The van der Waals surface area contributed by atoms with E-state index in [9.17, 15) is 9.59 Å². The van der Waals surface area contributed by atoms with Gasteiger partial charge < -0.3 is 30.2 Å². The van der Waals surface area contributed by atoms with E-state index in [0.717, 1.165) is 58.7 Å². The fourth-order valence-corrected chi connectivity index (χ4v) is 10.0. The molecule has 8 nitrogen and oxygen atoms in total. The molecule has 3 unspecified atom stereocenters. The topological polar surface area (TPSA) is 71.2 Å². The molecule has 7 rings (SSSR count). The molecule has 45 heavy (non-hydrogen) atoms. The van der Waals surface area contributed by atoms with Crippen LogP contribution >= 0.6 is 11.3 Å². The molecule has 2 aromatic rings. The second-order valence-corrected chi connectivity index (χ2v) is 16.2. The van der Waals surface area contributed by atoms with Gasteiger partial charge in [-0.1, -0.05) is 29.3 Å². The molecule has 4 fully saturated rings. The van der Waals surface area contributed by atoms with Crippen LogP contribution in [0.25, 0.3) is 0 Å². The molecular formula is C36H52N6O2S. The number of amides is 3. The van der Waals surface area contributed by atoms with Gasteiger partial charge in [0.05, 0.1) is 16.5 Å². The van der Waals surface area contributed by atoms with E-state index in [1.54, 1.807) is 11.3 Å². The van der Waals surface area contributed by atoms with Crippen LogP contribution in [0.5, 0.6) is 0 Å². The molecule has 2 bridgehead atoms. The number of carbonyl (C=O) groups is 2. The Balaban J connectivity index is 1.06. The Morgan fingerprint density at radius 2 is 1.60 bits per heavy atom. The Bertz CT molecular complexity index is 1390. The van der Waals surface area contributed by atoms with E-state index in [0.29, 0.717) is 23.9 Å². The Morgan fingerprint density at radius 1 is 0.933 bits per heavy atom. The summed E-state index contributed by atoms with van der Waals surface area (Å²) in [5, 5.41) is 8.51. The van der Waals surface area contributed by atoms with Gasteiger partial charge in [-0.15, -0.1) is 11.3 Å². The molecule has 3 atom stereocenters. The number of anilines is 1. The normalized spacial score (nSPS) is 28.5. The van der Waals surface area contributed by atoms with E-state index in [-0.39, 0.29) is 18.1 Å². The smallest absolute Gasteiger partial charge is 0.317 e. The highest BCUT2D eigenvalue weighted by atomic mass is 32.1. The molecule has 6 heterocycles. The van der Waals surface area contributed by atoms with Gasteiger partial charge in [0, 0.05) is 68.2 Å². The monoisotopic (exact) mass is 632 g/mol. The maximum absolute atomic E-state index is 14.0. The van der Waals surface area contributed by atoms with Crippen molar-refractivity contribution < 1.29 is 9.59 Å². The number of rotatable bonds is 7. The predicted molar refractivity (Wildman–Crippen MR) is 182 cm³/mol. The maximum atomic E-state index is 14.0. The summed E-state index contributed by atoms with van der Waals surface area (Å²) in [7, 11) is 2.12. The quantitative estimate of drug-likeness (QED) is 0.424. The molecule has 244 valence electrons. The fraction of sp³-hybridized carbons (Fsp3) is 0.667. The Hall–Kier alpha value is -2.62. The third kappa shape index (κ3) is 6.00. The molecule has 2 N–H and O–H groups in total. The summed E-state index contributed by atoms with van der Waals surface area (Å²) in [4.78, 5) is 37.1. The number of nitrogens with zero attached hydrogens (tertiary/aromatic N) is 4. The molecule has 3 amide bonds. The maximum Gasteiger partial charge on any atom is 0.317 e. The summed E-state index contributed by atoms with van der Waals surface area (Å²) < 4.78 is 0. The highest BCUT2D eigenvalue weighted by Crippen LogP contribution is 2.52. The summed E-state index contributed by atoms with van der Waals surface area (Å²) in [5.41, 5.74) is 4.80. The molecule has 0 saturated carbocycles. The summed E-state index contributed by atoms with van der Waals surface area (Å²) in [6.07, 6.45) is 6.73. The average Bonchev–Trinajstić information content (AvgIpc) is 3.83. The number of benzene rings is 1. The van der Waals surface area contributed by atoms with Gasteiger partial charge in [-0.25, -0.2) is 4.79 Å². The lowest BCUT2D eigenvalue weighted by atomic mass is 9.84. The van der Waals surface area contributed by atoms with Gasteiger partial charge in [0.2, 0.25) is 5.91 Å². The molecular weight excluding hydrogens is 581 g/mol. The van der Waals surface area contributed by atoms with Gasteiger partial charge in [-0.05, 0) is 97.0 Å². The highest BCUT2D eigenvalue weighted by molar-refractivity contribution is 7.16. The number of urea groups is 1. The SMILES string of the molecule is Cc1cc(C)cc(C2Nc3sc(C(C)(C)C(=O)N4C5CCC4CC5)cc3C2CCN2CCC(NC(=O)N3CCN(C)CC3)C2)c1. The molecule has 1 aromatic heterocycles. The molecule has 5 aliphatic rings. The van der Waals surface area contributed by atoms with E-state index in [4.69, 9.17) is 0 Å². The van der Waals surface area contributed by atoms with E-state index >= 15 is 0 Å². The minimum Gasteiger partial charge on any atom is -0.369 e. The minimum absolute atomic E-state index is 0.0966. The van der Waals surface area contributed by atoms with Crippen molar-refractivity contribution in [2.24, 2.45) is 0 Å². The molecule has 0 spiro atoms. The number of hydrogen-bond acceptors (Lipinski definition) is 6. The van der Waals surface area contributed by atoms with Gasteiger partial charge in [-0.2, -0.15) is 0 Å². The van der Waals surface area contributed by atoms with E-state index in [1.807, 2.05) is 4.90 Å². The van der Waals surface area contributed by atoms with Crippen LogP contribution in [0.2, 0.25) is 0 Å². The van der Waals surface area contributed by atoms with Crippen molar-refractivity contribution in [3.05, 3.63) is 51.4 Å². The number of likely N-dealkylation sites (N-methyl/N-ethyl adjacent to an activating group) is 1. The second kappa shape index (κ2) is 12.2. The Labute approximate surface area is 273 Å². The van der Waals surface area contributed by atoms with Crippen LogP contribution in [0.4, 0.5) is 9.80 Å². The Kier molecular flexibility index (Phi) is 8.40. The van der Waals surface area contributed by atoms with Gasteiger partial charge in [0.1, 0.15) is 0 Å². The molecule has 9 heteroatoms. The van der Waals surface area contributed by atoms with Gasteiger partial charge in [0.25, 0.3) is 0 Å². The van der Waals surface area contributed by atoms with Crippen molar-refractivity contribution in [1.29, 1.82) is 0 Å². The van der Waals surface area contributed by atoms with Crippen LogP contribution in [0.1, 0.15) is 91.5 Å². The standard InChI is InChI=1S/C36H52N6O2S/c1-23-18-24(2)20-25(19-23)32-29(11-13-40-12-10-26(22-40)37-35(44)41-16-14-39(5)15-17-41)30-21-31(45-33(30)38-32)36(3,4)34(43)42-27-6-7-28(42)9-8-27/h18-21,26-29,32,38H,6-17,22H2,1-5H3,(H,37,44).